The first-order valence-corrected chi connectivity index (χ1v) is 7.67. The molecule has 0 bridgehead atoms. The fraction of sp³-hybridized carbons (Fsp3) is 0.462. The van der Waals surface area contributed by atoms with E-state index in [1.165, 1.54) is 12.0 Å². The molecule has 3 rings (SSSR count). The van der Waals surface area contributed by atoms with Gasteiger partial charge in [0, 0.05) is 26.6 Å². The number of rotatable bonds is 4. The Morgan fingerprint density at radius 1 is 1.38 bits per heavy atom. The predicted molar refractivity (Wildman–Crippen MR) is 95.1 cm³/mol. The molecule has 0 unspecified atom stereocenters. The van der Waals surface area contributed by atoms with Gasteiger partial charge in [0.2, 0.25) is 0 Å². The Morgan fingerprint density at radius 2 is 2.24 bits per heavy atom. The average molecular weight is 418 g/mol. The molecule has 3 heterocycles. The lowest BCUT2D eigenvalue weighted by atomic mass is 10.3. The second kappa shape index (κ2) is 7.74. The zero-order chi connectivity index (χ0) is 13.8. The molecular weight excluding hydrogens is 399 g/mol. The highest BCUT2D eigenvalue weighted by Gasteiger charge is 2.16. The van der Waals surface area contributed by atoms with E-state index in [1.807, 2.05) is 0 Å². The van der Waals surface area contributed by atoms with Gasteiger partial charge in [-0.25, -0.2) is 0 Å². The molecule has 0 atom stereocenters. The topological polar surface area (TPSA) is 67.1 Å². The molecular formula is C13H19IN6S. The minimum absolute atomic E-state index is 0. The van der Waals surface area contributed by atoms with Crippen LogP contribution in [0.15, 0.2) is 21.8 Å². The highest BCUT2D eigenvalue weighted by atomic mass is 127. The van der Waals surface area contributed by atoms with Gasteiger partial charge in [0.25, 0.3) is 0 Å². The molecule has 0 saturated carbocycles. The van der Waals surface area contributed by atoms with E-state index in [9.17, 15) is 0 Å². The second-order valence-corrected chi connectivity index (χ2v) is 5.48. The van der Waals surface area contributed by atoms with Crippen LogP contribution in [-0.4, -0.2) is 27.8 Å². The summed E-state index contributed by atoms with van der Waals surface area (Å²) in [7, 11) is 1.77. The lowest BCUT2D eigenvalue weighted by molar-refractivity contribution is 0.663. The number of hydrogen-bond donors (Lipinski definition) is 2. The Kier molecular flexibility index (Phi) is 5.97. The lowest BCUT2D eigenvalue weighted by Crippen LogP contribution is -2.36. The molecule has 0 aromatic carbocycles. The van der Waals surface area contributed by atoms with Gasteiger partial charge in [-0.15, -0.1) is 34.2 Å². The minimum Gasteiger partial charge on any atom is -0.352 e. The zero-order valence-electron chi connectivity index (χ0n) is 11.9. The number of guanidine groups is 1. The van der Waals surface area contributed by atoms with E-state index in [-0.39, 0.29) is 24.0 Å². The summed E-state index contributed by atoms with van der Waals surface area (Å²) >= 11 is 1.70. The molecule has 1 aliphatic heterocycles. The summed E-state index contributed by atoms with van der Waals surface area (Å²) in [4.78, 5) is 4.22. The van der Waals surface area contributed by atoms with E-state index in [0.717, 1.165) is 37.1 Å². The van der Waals surface area contributed by atoms with Crippen LogP contribution in [-0.2, 0) is 26.1 Å². The monoisotopic (exact) mass is 418 g/mol. The molecule has 0 amide bonds. The van der Waals surface area contributed by atoms with Crippen molar-refractivity contribution in [3.63, 3.8) is 0 Å². The van der Waals surface area contributed by atoms with Gasteiger partial charge >= 0.3 is 0 Å². The molecule has 2 aromatic heterocycles. The Bertz CT molecular complexity index is 592. The Morgan fingerprint density at radius 3 is 3.00 bits per heavy atom. The van der Waals surface area contributed by atoms with E-state index < -0.39 is 0 Å². The molecule has 2 N–H and O–H groups in total. The molecule has 21 heavy (non-hydrogen) atoms. The summed E-state index contributed by atoms with van der Waals surface area (Å²) in [6.07, 6.45) is 2.21. The standard InChI is InChI=1S/C13H18N6S.HI/c1-14-13(15-7-10-4-6-20-9-10)16-8-12-18-17-11-3-2-5-19(11)12;/h4,6,9H,2-3,5,7-8H2,1H3,(H2,14,15,16);1H. The number of aryl methyl sites for hydroxylation is 1. The zero-order valence-corrected chi connectivity index (χ0v) is 15.0. The Balaban J connectivity index is 0.00000161. The van der Waals surface area contributed by atoms with Crippen molar-refractivity contribution in [3.8, 4) is 0 Å². The first kappa shape index (κ1) is 16.2. The van der Waals surface area contributed by atoms with Gasteiger partial charge in [0.1, 0.15) is 5.82 Å². The molecule has 8 heteroatoms. The molecule has 0 aliphatic carbocycles. The summed E-state index contributed by atoms with van der Waals surface area (Å²) in [5, 5.41) is 19.2. The van der Waals surface area contributed by atoms with Crippen molar-refractivity contribution in [2.45, 2.75) is 32.5 Å². The third-order valence-corrected chi connectivity index (χ3v) is 4.10. The van der Waals surface area contributed by atoms with E-state index in [1.54, 1.807) is 18.4 Å². The predicted octanol–water partition coefficient (Wildman–Crippen LogP) is 1.77. The van der Waals surface area contributed by atoms with Gasteiger partial charge in [-0.2, -0.15) is 11.3 Å². The number of hydrogen-bond acceptors (Lipinski definition) is 4. The lowest BCUT2D eigenvalue weighted by Gasteiger charge is -2.11. The first-order chi connectivity index (χ1) is 9.86. The van der Waals surface area contributed by atoms with Gasteiger partial charge in [-0.1, -0.05) is 0 Å². The summed E-state index contributed by atoms with van der Waals surface area (Å²) in [5.41, 5.74) is 1.27. The van der Waals surface area contributed by atoms with Crippen molar-refractivity contribution in [2.24, 2.45) is 4.99 Å². The maximum Gasteiger partial charge on any atom is 0.191 e. The first-order valence-electron chi connectivity index (χ1n) is 6.73. The summed E-state index contributed by atoms with van der Waals surface area (Å²) in [5.74, 6) is 2.87. The molecule has 6 nitrogen and oxygen atoms in total. The van der Waals surface area contributed by atoms with Crippen molar-refractivity contribution in [1.29, 1.82) is 0 Å². The number of nitrogens with zero attached hydrogens (tertiary/aromatic N) is 4. The van der Waals surface area contributed by atoms with Crippen LogP contribution in [0.1, 0.15) is 23.6 Å². The number of nitrogens with one attached hydrogen (secondary N) is 2. The Hall–Kier alpha value is -1.16. The minimum atomic E-state index is 0. The van der Waals surface area contributed by atoms with Crippen molar-refractivity contribution in [2.75, 3.05) is 7.05 Å². The highest BCUT2D eigenvalue weighted by Crippen LogP contribution is 2.13. The van der Waals surface area contributed by atoms with Gasteiger partial charge in [-0.05, 0) is 28.8 Å². The largest absolute Gasteiger partial charge is 0.352 e. The van der Waals surface area contributed by atoms with Crippen LogP contribution >= 0.6 is 35.3 Å². The molecule has 114 valence electrons. The van der Waals surface area contributed by atoms with E-state index in [2.05, 4.69) is 47.2 Å². The van der Waals surface area contributed by atoms with Crippen LogP contribution < -0.4 is 10.6 Å². The van der Waals surface area contributed by atoms with Gasteiger partial charge < -0.3 is 15.2 Å². The van der Waals surface area contributed by atoms with Crippen LogP contribution in [0.2, 0.25) is 0 Å². The SMILES string of the molecule is CN=C(NCc1ccsc1)NCc1nnc2n1CCC2.I. The van der Waals surface area contributed by atoms with Crippen LogP contribution in [0.3, 0.4) is 0 Å². The van der Waals surface area contributed by atoms with Gasteiger partial charge in [-0.3, -0.25) is 4.99 Å². The second-order valence-electron chi connectivity index (χ2n) is 4.70. The summed E-state index contributed by atoms with van der Waals surface area (Å²) in [6.45, 7) is 2.46. The molecule has 0 saturated heterocycles. The molecule has 0 radical (unpaired) electrons. The number of aromatic nitrogens is 3. The molecule has 0 spiro atoms. The number of halogens is 1. The number of aliphatic imine (C=N–C) groups is 1. The number of thiophene rings is 1. The van der Waals surface area contributed by atoms with Crippen LogP contribution in [0.4, 0.5) is 0 Å². The van der Waals surface area contributed by atoms with Crippen molar-refractivity contribution in [1.82, 2.24) is 25.4 Å². The van der Waals surface area contributed by atoms with Gasteiger partial charge in [0.15, 0.2) is 11.8 Å². The maximum absolute atomic E-state index is 4.22. The van der Waals surface area contributed by atoms with E-state index in [0.29, 0.717) is 6.54 Å². The quantitative estimate of drug-likeness (QED) is 0.451. The Labute approximate surface area is 145 Å². The number of fused-ring (bicyclic) bond motifs is 1. The summed E-state index contributed by atoms with van der Waals surface area (Å²) < 4.78 is 2.19. The fourth-order valence-electron chi connectivity index (χ4n) is 2.30. The highest BCUT2D eigenvalue weighted by molar-refractivity contribution is 14.0. The average Bonchev–Trinajstić information content (AvgIpc) is 3.17. The third kappa shape index (κ3) is 3.94. The maximum atomic E-state index is 4.22. The van der Waals surface area contributed by atoms with Crippen LogP contribution in [0.5, 0.6) is 0 Å². The smallest absolute Gasteiger partial charge is 0.191 e. The molecule has 1 aliphatic rings. The fourth-order valence-corrected chi connectivity index (χ4v) is 2.97. The normalized spacial score (nSPS) is 13.7. The van der Waals surface area contributed by atoms with Crippen molar-refractivity contribution >= 4 is 41.3 Å². The van der Waals surface area contributed by atoms with Crippen molar-refractivity contribution in [3.05, 3.63) is 34.0 Å². The van der Waals surface area contributed by atoms with Crippen LogP contribution in [0.25, 0.3) is 0 Å². The van der Waals surface area contributed by atoms with Gasteiger partial charge in [0.05, 0.1) is 6.54 Å². The molecule has 2 aromatic rings. The van der Waals surface area contributed by atoms with E-state index >= 15 is 0 Å². The third-order valence-electron chi connectivity index (χ3n) is 3.36. The molecule has 0 fully saturated rings. The van der Waals surface area contributed by atoms with Crippen LogP contribution in [0, 0.1) is 0 Å². The summed E-state index contributed by atoms with van der Waals surface area (Å²) in [6, 6.07) is 2.11. The van der Waals surface area contributed by atoms with E-state index in [4.69, 9.17) is 0 Å². The van der Waals surface area contributed by atoms with Crippen molar-refractivity contribution < 1.29 is 0 Å².